The summed E-state index contributed by atoms with van der Waals surface area (Å²) in [7, 11) is 0. The van der Waals surface area contributed by atoms with Crippen LogP contribution >= 0.6 is 0 Å². The zero-order chi connectivity index (χ0) is 13.7. The molecular formula is C15H19N3O. The van der Waals surface area contributed by atoms with E-state index >= 15 is 0 Å². The number of nitrogens with one attached hydrogen (secondary N) is 2. The fourth-order valence-corrected chi connectivity index (χ4v) is 2.55. The summed E-state index contributed by atoms with van der Waals surface area (Å²) in [4.78, 5) is 11.9. The second kappa shape index (κ2) is 6.24. The van der Waals surface area contributed by atoms with Gasteiger partial charge in [0, 0.05) is 11.7 Å². The number of amides is 2. The van der Waals surface area contributed by atoms with E-state index in [1.807, 2.05) is 6.07 Å². The molecule has 2 atom stereocenters. The lowest BCUT2D eigenvalue weighted by molar-refractivity contribution is 0.238. The lowest BCUT2D eigenvalue weighted by atomic mass is 9.87. The van der Waals surface area contributed by atoms with Gasteiger partial charge >= 0.3 is 6.03 Å². The van der Waals surface area contributed by atoms with Crippen LogP contribution in [0.1, 0.15) is 38.2 Å². The minimum Gasteiger partial charge on any atom is -0.335 e. The number of nitriles is 1. The maximum atomic E-state index is 11.9. The summed E-state index contributed by atoms with van der Waals surface area (Å²) in [6, 6.07) is 9.03. The molecule has 0 aromatic heterocycles. The Bertz CT molecular complexity index is 475. The lowest BCUT2D eigenvalue weighted by Gasteiger charge is -2.27. The van der Waals surface area contributed by atoms with Crippen LogP contribution in [-0.4, -0.2) is 12.1 Å². The molecule has 100 valence electrons. The van der Waals surface area contributed by atoms with E-state index in [0.29, 0.717) is 17.2 Å². The van der Waals surface area contributed by atoms with Gasteiger partial charge < -0.3 is 10.6 Å². The topological polar surface area (TPSA) is 64.9 Å². The number of nitrogens with zero attached hydrogens (tertiary/aromatic N) is 1. The summed E-state index contributed by atoms with van der Waals surface area (Å²) in [5, 5.41) is 14.5. The van der Waals surface area contributed by atoms with E-state index in [1.165, 1.54) is 12.8 Å². The first-order chi connectivity index (χ1) is 9.17. The quantitative estimate of drug-likeness (QED) is 0.854. The third kappa shape index (κ3) is 3.99. The number of rotatable bonds is 2. The van der Waals surface area contributed by atoms with Crippen LogP contribution in [0.2, 0.25) is 0 Å². The van der Waals surface area contributed by atoms with Crippen LogP contribution in [0.25, 0.3) is 0 Å². The molecule has 0 aliphatic heterocycles. The molecule has 2 rings (SSSR count). The number of benzene rings is 1. The molecule has 0 radical (unpaired) electrons. The van der Waals surface area contributed by atoms with Crippen molar-refractivity contribution in [3.05, 3.63) is 29.8 Å². The minimum atomic E-state index is -0.163. The number of hydrogen-bond acceptors (Lipinski definition) is 2. The van der Waals surface area contributed by atoms with E-state index in [0.717, 1.165) is 12.8 Å². The second-order valence-corrected chi connectivity index (χ2v) is 5.26. The molecule has 1 aliphatic rings. The van der Waals surface area contributed by atoms with E-state index < -0.39 is 0 Å². The van der Waals surface area contributed by atoms with Gasteiger partial charge in [-0.15, -0.1) is 0 Å². The van der Waals surface area contributed by atoms with E-state index in [-0.39, 0.29) is 12.1 Å². The lowest BCUT2D eigenvalue weighted by Crippen LogP contribution is -2.40. The van der Waals surface area contributed by atoms with Crippen molar-refractivity contribution < 1.29 is 4.79 Å². The standard InChI is InChI=1S/C15H19N3O/c1-11-3-2-4-14(9-11)18-15(19)17-13-7-5-12(10-16)6-8-13/h5-8,11,14H,2-4,9H2,1H3,(H2,17,18,19). The van der Waals surface area contributed by atoms with Gasteiger partial charge in [0.2, 0.25) is 0 Å². The van der Waals surface area contributed by atoms with Crippen molar-refractivity contribution in [2.75, 3.05) is 5.32 Å². The summed E-state index contributed by atoms with van der Waals surface area (Å²) in [6.45, 7) is 2.23. The van der Waals surface area contributed by atoms with Crippen molar-refractivity contribution in [1.29, 1.82) is 5.26 Å². The predicted octanol–water partition coefficient (Wildman–Crippen LogP) is 3.26. The zero-order valence-electron chi connectivity index (χ0n) is 11.1. The number of hydrogen-bond donors (Lipinski definition) is 2. The average molecular weight is 257 g/mol. The SMILES string of the molecule is CC1CCCC(NC(=O)Nc2ccc(C#N)cc2)C1. The maximum absolute atomic E-state index is 11.9. The van der Waals surface area contributed by atoms with Crippen LogP contribution < -0.4 is 10.6 Å². The van der Waals surface area contributed by atoms with E-state index in [4.69, 9.17) is 5.26 Å². The normalized spacial score (nSPS) is 22.3. The Hall–Kier alpha value is -2.02. The summed E-state index contributed by atoms with van der Waals surface area (Å²) >= 11 is 0. The van der Waals surface area contributed by atoms with Crippen molar-refractivity contribution in [3.8, 4) is 6.07 Å². The number of anilines is 1. The van der Waals surface area contributed by atoms with Crippen LogP contribution in [0.4, 0.5) is 10.5 Å². The van der Waals surface area contributed by atoms with Gasteiger partial charge in [0.25, 0.3) is 0 Å². The molecule has 19 heavy (non-hydrogen) atoms. The smallest absolute Gasteiger partial charge is 0.319 e. The van der Waals surface area contributed by atoms with Crippen molar-refractivity contribution in [2.45, 2.75) is 38.6 Å². The first-order valence-electron chi connectivity index (χ1n) is 6.75. The Labute approximate surface area is 113 Å². The summed E-state index contributed by atoms with van der Waals surface area (Å²) in [5.41, 5.74) is 1.30. The van der Waals surface area contributed by atoms with Gasteiger partial charge in [-0.3, -0.25) is 0 Å². The first kappa shape index (κ1) is 13.4. The highest BCUT2D eigenvalue weighted by atomic mass is 16.2. The molecule has 0 heterocycles. The number of carbonyl (C=O) groups is 1. The van der Waals surface area contributed by atoms with Crippen LogP contribution in [0.3, 0.4) is 0 Å². The zero-order valence-corrected chi connectivity index (χ0v) is 11.1. The highest BCUT2D eigenvalue weighted by Crippen LogP contribution is 2.23. The van der Waals surface area contributed by atoms with Gasteiger partial charge in [0.1, 0.15) is 0 Å². The third-order valence-corrected chi connectivity index (χ3v) is 3.54. The highest BCUT2D eigenvalue weighted by molar-refractivity contribution is 5.89. The van der Waals surface area contributed by atoms with Crippen molar-refractivity contribution in [1.82, 2.24) is 5.32 Å². The van der Waals surface area contributed by atoms with Gasteiger partial charge in [-0.25, -0.2) is 4.79 Å². The van der Waals surface area contributed by atoms with Gasteiger partial charge in [0.15, 0.2) is 0 Å². The molecule has 1 saturated carbocycles. The summed E-state index contributed by atoms with van der Waals surface area (Å²) in [5.74, 6) is 0.689. The summed E-state index contributed by atoms with van der Waals surface area (Å²) < 4.78 is 0. The molecule has 1 fully saturated rings. The van der Waals surface area contributed by atoms with Gasteiger partial charge in [-0.2, -0.15) is 5.26 Å². The van der Waals surface area contributed by atoms with Gasteiger partial charge in [-0.1, -0.05) is 19.8 Å². The van der Waals surface area contributed by atoms with Gasteiger partial charge in [0.05, 0.1) is 11.6 Å². The molecule has 1 aromatic carbocycles. The highest BCUT2D eigenvalue weighted by Gasteiger charge is 2.20. The Kier molecular flexibility index (Phi) is 4.40. The summed E-state index contributed by atoms with van der Waals surface area (Å²) in [6.07, 6.45) is 4.56. The van der Waals surface area contributed by atoms with Crippen LogP contribution in [0.5, 0.6) is 0 Å². The Morgan fingerprint density at radius 3 is 2.68 bits per heavy atom. The Balaban J connectivity index is 1.85. The molecule has 2 unspecified atom stereocenters. The maximum Gasteiger partial charge on any atom is 0.319 e. The molecule has 2 amide bonds. The second-order valence-electron chi connectivity index (χ2n) is 5.26. The Morgan fingerprint density at radius 2 is 2.05 bits per heavy atom. The average Bonchev–Trinajstić information content (AvgIpc) is 2.39. The predicted molar refractivity (Wildman–Crippen MR) is 74.7 cm³/mol. The number of urea groups is 1. The largest absolute Gasteiger partial charge is 0.335 e. The van der Waals surface area contributed by atoms with Crippen LogP contribution in [0, 0.1) is 17.2 Å². The molecule has 4 nitrogen and oxygen atoms in total. The molecular weight excluding hydrogens is 238 g/mol. The molecule has 2 N–H and O–H groups in total. The molecule has 1 aromatic rings. The first-order valence-corrected chi connectivity index (χ1v) is 6.75. The fourth-order valence-electron chi connectivity index (χ4n) is 2.55. The molecule has 1 aliphatic carbocycles. The van der Waals surface area contributed by atoms with E-state index in [2.05, 4.69) is 17.6 Å². The third-order valence-electron chi connectivity index (χ3n) is 3.54. The molecule has 0 bridgehead atoms. The van der Waals surface area contributed by atoms with Crippen molar-refractivity contribution in [3.63, 3.8) is 0 Å². The molecule has 0 spiro atoms. The fraction of sp³-hybridized carbons (Fsp3) is 0.467. The minimum absolute atomic E-state index is 0.163. The van der Waals surface area contributed by atoms with Crippen molar-refractivity contribution >= 4 is 11.7 Å². The van der Waals surface area contributed by atoms with Gasteiger partial charge in [-0.05, 0) is 43.0 Å². The van der Waals surface area contributed by atoms with E-state index in [9.17, 15) is 4.79 Å². The molecule has 4 heteroatoms. The van der Waals surface area contributed by atoms with Crippen LogP contribution in [-0.2, 0) is 0 Å². The van der Waals surface area contributed by atoms with Crippen molar-refractivity contribution in [2.24, 2.45) is 5.92 Å². The monoisotopic (exact) mass is 257 g/mol. The van der Waals surface area contributed by atoms with Crippen LogP contribution in [0.15, 0.2) is 24.3 Å². The Morgan fingerprint density at radius 1 is 1.32 bits per heavy atom. The van der Waals surface area contributed by atoms with E-state index in [1.54, 1.807) is 24.3 Å². The molecule has 0 saturated heterocycles. The number of carbonyl (C=O) groups excluding carboxylic acids is 1.